The number of nitrogens with zero attached hydrogens (tertiary/aromatic N) is 1. The molecule has 2 aromatic heterocycles. The van der Waals surface area contributed by atoms with Gasteiger partial charge in [-0.3, -0.25) is 9.78 Å². The van der Waals surface area contributed by atoms with E-state index in [9.17, 15) is 13.6 Å². The molecule has 2 N–H and O–H groups in total. The van der Waals surface area contributed by atoms with E-state index in [1.165, 1.54) is 23.5 Å². The monoisotopic (exact) mass is 320 g/mol. The molecule has 4 nitrogen and oxygen atoms in total. The lowest BCUT2D eigenvalue weighted by Crippen LogP contribution is -2.08. The van der Waals surface area contributed by atoms with Gasteiger partial charge in [-0.25, -0.2) is 4.39 Å². The number of amides is 1. The van der Waals surface area contributed by atoms with Gasteiger partial charge in [-0.15, -0.1) is 11.3 Å². The van der Waals surface area contributed by atoms with Crippen LogP contribution in [0.4, 0.5) is 8.78 Å². The molecule has 0 spiro atoms. The van der Waals surface area contributed by atoms with Crippen molar-refractivity contribution >= 4 is 27.3 Å². The number of pyridine rings is 1. The summed E-state index contributed by atoms with van der Waals surface area (Å²) in [5, 5.41) is 0.755. The Morgan fingerprint density at radius 3 is 2.91 bits per heavy atom. The third-order valence-corrected chi connectivity index (χ3v) is 4.16. The summed E-state index contributed by atoms with van der Waals surface area (Å²) in [5.74, 6) is -2.71. The molecule has 2 heterocycles. The zero-order chi connectivity index (χ0) is 15.7. The lowest BCUT2D eigenvalue weighted by atomic mass is 10.2. The second-order valence-electron chi connectivity index (χ2n) is 4.53. The van der Waals surface area contributed by atoms with Crippen LogP contribution in [0.25, 0.3) is 10.1 Å². The number of fused-ring (bicyclic) bond motifs is 1. The van der Waals surface area contributed by atoms with Crippen LogP contribution < -0.4 is 10.5 Å². The third-order valence-electron chi connectivity index (χ3n) is 3.07. The highest BCUT2D eigenvalue weighted by Gasteiger charge is 2.13. The number of carbonyl (C=O) groups excluding carboxylic acids is 1. The molecule has 3 rings (SSSR count). The summed E-state index contributed by atoms with van der Waals surface area (Å²) in [6.07, 6.45) is 3.16. The smallest absolute Gasteiger partial charge is 0.258 e. The first-order valence-electron chi connectivity index (χ1n) is 6.29. The largest absolute Gasteiger partial charge is 0.486 e. The lowest BCUT2D eigenvalue weighted by Gasteiger charge is -2.08. The van der Waals surface area contributed by atoms with Gasteiger partial charge in [0, 0.05) is 23.3 Å². The molecule has 0 aliphatic rings. The van der Waals surface area contributed by atoms with E-state index in [2.05, 4.69) is 4.98 Å². The molecule has 7 heteroatoms. The topological polar surface area (TPSA) is 65.2 Å². The van der Waals surface area contributed by atoms with E-state index in [4.69, 9.17) is 10.5 Å². The second-order valence-corrected chi connectivity index (χ2v) is 5.61. The average Bonchev–Trinajstić information content (AvgIpc) is 2.94. The summed E-state index contributed by atoms with van der Waals surface area (Å²) >= 11 is 1.22. The first-order valence-corrected chi connectivity index (χ1v) is 7.11. The summed E-state index contributed by atoms with van der Waals surface area (Å²) < 4.78 is 32.8. The Kier molecular flexibility index (Phi) is 3.72. The lowest BCUT2D eigenvalue weighted by molar-refractivity contribution is 0.100. The molecule has 0 bridgehead atoms. The van der Waals surface area contributed by atoms with Crippen LogP contribution in [-0.2, 0) is 6.61 Å². The Labute approximate surface area is 128 Å². The molecule has 0 atom stereocenters. The van der Waals surface area contributed by atoms with Gasteiger partial charge in [0.15, 0.2) is 11.6 Å². The van der Waals surface area contributed by atoms with Gasteiger partial charge >= 0.3 is 0 Å². The zero-order valence-corrected chi connectivity index (χ0v) is 12.0. The van der Waals surface area contributed by atoms with Gasteiger partial charge in [0.1, 0.15) is 6.61 Å². The van der Waals surface area contributed by atoms with Gasteiger partial charge in [0.2, 0.25) is 5.82 Å². The molecule has 1 aromatic carbocycles. The Hall–Kier alpha value is -2.54. The van der Waals surface area contributed by atoms with Crippen molar-refractivity contribution in [2.24, 2.45) is 5.73 Å². The predicted octanol–water partition coefficient (Wildman–Crippen LogP) is 3.25. The fourth-order valence-corrected chi connectivity index (χ4v) is 2.93. The Bertz CT molecular complexity index is 864. The molecule has 0 radical (unpaired) electrons. The number of thiophene rings is 1. The molecule has 1 amide bonds. The number of ether oxygens (including phenoxy) is 1. The van der Waals surface area contributed by atoms with Crippen LogP contribution in [0.2, 0.25) is 0 Å². The van der Waals surface area contributed by atoms with Crippen molar-refractivity contribution in [3.05, 3.63) is 58.7 Å². The number of rotatable bonds is 4. The highest BCUT2D eigenvalue weighted by atomic mass is 32.1. The number of primary amides is 1. The van der Waals surface area contributed by atoms with Crippen molar-refractivity contribution in [3.8, 4) is 5.75 Å². The molecule has 0 saturated heterocycles. The maximum Gasteiger partial charge on any atom is 0.258 e. The van der Waals surface area contributed by atoms with Gasteiger partial charge in [-0.05, 0) is 18.2 Å². The minimum atomic E-state index is -1.04. The number of hydrogen-bond donors (Lipinski definition) is 1. The van der Waals surface area contributed by atoms with Gasteiger partial charge < -0.3 is 10.5 Å². The average molecular weight is 320 g/mol. The van der Waals surface area contributed by atoms with E-state index >= 15 is 0 Å². The van der Waals surface area contributed by atoms with Crippen LogP contribution in [0.1, 0.15) is 15.2 Å². The van der Waals surface area contributed by atoms with Gasteiger partial charge in [0.05, 0.1) is 9.58 Å². The van der Waals surface area contributed by atoms with Crippen LogP contribution in [-0.4, -0.2) is 10.9 Å². The van der Waals surface area contributed by atoms with Crippen LogP contribution in [0.3, 0.4) is 0 Å². The number of halogens is 2. The second kappa shape index (κ2) is 5.69. The van der Waals surface area contributed by atoms with E-state index < -0.39 is 17.5 Å². The van der Waals surface area contributed by atoms with Crippen LogP contribution in [0, 0.1) is 11.6 Å². The minimum absolute atomic E-state index is 0.000349. The zero-order valence-electron chi connectivity index (χ0n) is 11.2. The van der Waals surface area contributed by atoms with Crippen molar-refractivity contribution in [3.63, 3.8) is 0 Å². The first kappa shape index (κ1) is 14.4. The van der Waals surface area contributed by atoms with Gasteiger partial charge in [0.25, 0.3) is 5.91 Å². The van der Waals surface area contributed by atoms with Crippen molar-refractivity contribution in [1.29, 1.82) is 0 Å². The highest BCUT2D eigenvalue weighted by molar-refractivity contribution is 7.20. The molecule has 0 aliphatic carbocycles. The molecule has 22 heavy (non-hydrogen) atoms. The van der Waals surface area contributed by atoms with Crippen LogP contribution in [0.5, 0.6) is 5.75 Å². The van der Waals surface area contributed by atoms with Crippen molar-refractivity contribution in [2.75, 3.05) is 0 Å². The molecule has 112 valence electrons. The molecule has 0 aliphatic heterocycles. The highest BCUT2D eigenvalue weighted by Crippen LogP contribution is 2.28. The summed E-state index contributed by atoms with van der Waals surface area (Å²) in [5.41, 5.74) is 5.92. The third kappa shape index (κ3) is 2.62. The van der Waals surface area contributed by atoms with E-state index in [1.807, 2.05) is 0 Å². The maximum absolute atomic E-state index is 13.6. The molecule has 0 fully saturated rings. The quantitative estimate of drug-likeness (QED) is 0.802. The number of benzene rings is 1. The Balaban J connectivity index is 1.90. The SMILES string of the molecule is NC(=O)c1cc2c(COc3cccc(F)c3F)cncc2s1. The van der Waals surface area contributed by atoms with Crippen molar-refractivity contribution in [1.82, 2.24) is 4.98 Å². The van der Waals surface area contributed by atoms with Crippen LogP contribution >= 0.6 is 11.3 Å². The van der Waals surface area contributed by atoms with Crippen LogP contribution in [0.15, 0.2) is 36.7 Å². The van der Waals surface area contributed by atoms with Gasteiger partial charge in [-0.1, -0.05) is 6.07 Å². The molecular weight excluding hydrogens is 310 g/mol. The minimum Gasteiger partial charge on any atom is -0.486 e. The van der Waals surface area contributed by atoms with E-state index in [0.717, 1.165) is 16.2 Å². The standard InChI is InChI=1S/C15H10F2N2O2S/c16-10-2-1-3-11(14(10)17)21-7-8-5-19-6-13-9(8)4-12(22-13)15(18)20/h1-6H,7H2,(H2,18,20). The van der Waals surface area contributed by atoms with E-state index in [0.29, 0.717) is 10.4 Å². The molecular formula is C15H10F2N2O2S. The predicted molar refractivity (Wildman–Crippen MR) is 78.8 cm³/mol. The summed E-state index contributed by atoms with van der Waals surface area (Å²) in [7, 11) is 0. The fraction of sp³-hybridized carbons (Fsp3) is 0.0667. The van der Waals surface area contributed by atoms with Crippen molar-refractivity contribution < 1.29 is 18.3 Å². The Morgan fingerprint density at radius 1 is 1.32 bits per heavy atom. The van der Waals surface area contributed by atoms with E-state index in [1.54, 1.807) is 18.5 Å². The number of aromatic nitrogens is 1. The Morgan fingerprint density at radius 2 is 2.14 bits per heavy atom. The van der Waals surface area contributed by atoms with Gasteiger partial charge in [-0.2, -0.15) is 4.39 Å². The molecule has 0 saturated carbocycles. The maximum atomic E-state index is 13.6. The summed E-state index contributed by atoms with van der Waals surface area (Å²) in [4.78, 5) is 15.7. The number of carbonyl (C=O) groups is 1. The first-order chi connectivity index (χ1) is 10.6. The van der Waals surface area contributed by atoms with E-state index in [-0.39, 0.29) is 12.4 Å². The normalized spacial score (nSPS) is 10.8. The number of hydrogen-bond acceptors (Lipinski definition) is 4. The summed E-state index contributed by atoms with van der Waals surface area (Å²) in [6, 6.07) is 5.37. The number of nitrogens with two attached hydrogens (primary N) is 1. The molecule has 0 unspecified atom stereocenters. The summed E-state index contributed by atoms with van der Waals surface area (Å²) in [6.45, 7) is -0.000349. The molecule has 3 aromatic rings. The fourth-order valence-electron chi connectivity index (χ4n) is 2.00. The van der Waals surface area contributed by atoms with Crippen molar-refractivity contribution in [2.45, 2.75) is 6.61 Å².